The summed E-state index contributed by atoms with van der Waals surface area (Å²) in [6, 6.07) is 7.43. The van der Waals surface area contributed by atoms with Crippen LogP contribution in [0.3, 0.4) is 0 Å². The van der Waals surface area contributed by atoms with Crippen LogP contribution in [0.4, 0.5) is 0 Å². The molecule has 0 aromatic heterocycles. The number of halogens is 1. The van der Waals surface area contributed by atoms with Gasteiger partial charge in [0.25, 0.3) is 0 Å². The van der Waals surface area contributed by atoms with Crippen LogP contribution in [-0.4, -0.2) is 67.8 Å². The molecule has 0 saturated carbocycles. The minimum atomic E-state index is -0.886. The lowest BCUT2D eigenvalue weighted by Gasteiger charge is -2.35. The van der Waals surface area contributed by atoms with Crippen molar-refractivity contribution in [3.63, 3.8) is 0 Å². The number of benzene rings is 1. The van der Waals surface area contributed by atoms with Crippen LogP contribution in [0.15, 0.2) is 28.7 Å². The first-order valence-corrected chi connectivity index (χ1v) is 8.23. The standard InChI is InChI=1S/C16H23BrN2O3/c1-18-7-9-19(10-8-18)11-13(16(21)22-2)15(20)12-5-3-4-6-14(12)17/h3-6,13,15,20H,7-11H2,1-2H3/t13-,15+/m1/s1. The second-order valence-electron chi connectivity index (χ2n) is 5.70. The van der Waals surface area contributed by atoms with Crippen LogP contribution in [0.1, 0.15) is 11.7 Å². The third kappa shape index (κ3) is 4.29. The topological polar surface area (TPSA) is 53.0 Å². The molecule has 1 heterocycles. The van der Waals surface area contributed by atoms with Crippen LogP contribution in [0, 0.1) is 5.92 Å². The molecular weight excluding hydrogens is 348 g/mol. The Morgan fingerprint density at radius 2 is 1.95 bits per heavy atom. The van der Waals surface area contributed by atoms with Crippen molar-refractivity contribution in [2.45, 2.75) is 6.10 Å². The normalized spacial score (nSPS) is 19.6. The number of likely N-dealkylation sites (N-methyl/N-ethyl adjacent to an activating group) is 1. The molecule has 6 heteroatoms. The fourth-order valence-corrected chi connectivity index (χ4v) is 3.21. The van der Waals surface area contributed by atoms with E-state index in [4.69, 9.17) is 4.74 Å². The first-order chi connectivity index (χ1) is 10.5. The quantitative estimate of drug-likeness (QED) is 0.796. The monoisotopic (exact) mass is 370 g/mol. The minimum absolute atomic E-state index is 0.373. The number of aliphatic hydroxyl groups excluding tert-OH is 1. The molecule has 0 bridgehead atoms. The number of hydrogen-bond acceptors (Lipinski definition) is 5. The van der Waals surface area contributed by atoms with Gasteiger partial charge in [-0.25, -0.2) is 0 Å². The lowest BCUT2D eigenvalue weighted by Crippen LogP contribution is -2.48. The molecule has 2 atom stereocenters. The SMILES string of the molecule is COC(=O)[C@H](CN1CCN(C)CC1)[C@@H](O)c1ccccc1Br. The van der Waals surface area contributed by atoms with E-state index in [9.17, 15) is 9.90 Å². The Balaban J connectivity index is 2.12. The summed E-state index contributed by atoms with van der Waals surface area (Å²) < 4.78 is 5.71. The van der Waals surface area contributed by atoms with Crippen LogP contribution >= 0.6 is 15.9 Å². The number of ether oxygens (including phenoxy) is 1. The summed E-state index contributed by atoms with van der Waals surface area (Å²) >= 11 is 3.44. The van der Waals surface area contributed by atoms with Crippen molar-refractivity contribution in [2.75, 3.05) is 46.9 Å². The smallest absolute Gasteiger partial charge is 0.312 e. The summed E-state index contributed by atoms with van der Waals surface area (Å²) in [4.78, 5) is 16.6. The molecule has 1 fully saturated rings. The summed E-state index contributed by atoms with van der Waals surface area (Å²) in [5.74, 6) is -0.964. The Morgan fingerprint density at radius 1 is 1.32 bits per heavy atom. The zero-order valence-electron chi connectivity index (χ0n) is 13.0. The fraction of sp³-hybridized carbons (Fsp3) is 0.562. The molecule has 5 nitrogen and oxygen atoms in total. The molecule has 0 aliphatic carbocycles. The van der Waals surface area contributed by atoms with E-state index in [-0.39, 0.29) is 5.97 Å². The highest BCUT2D eigenvalue weighted by atomic mass is 79.9. The van der Waals surface area contributed by atoms with Gasteiger partial charge < -0.3 is 14.7 Å². The van der Waals surface area contributed by atoms with Crippen molar-refractivity contribution in [1.29, 1.82) is 0 Å². The number of carbonyl (C=O) groups excluding carboxylic acids is 1. The summed E-state index contributed by atoms with van der Waals surface area (Å²) in [5, 5.41) is 10.7. The summed E-state index contributed by atoms with van der Waals surface area (Å²) in [6.45, 7) is 4.24. The van der Waals surface area contributed by atoms with Crippen molar-refractivity contribution < 1.29 is 14.6 Å². The van der Waals surface area contributed by atoms with E-state index in [1.165, 1.54) is 7.11 Å². The zero-order valence-corrected chi connectivity index (χ0v) is 14.6. The van der Waals surface area contributed by atoms with Crippen molar-refractivity contribution in [3.05, 3.63) is 34.3 Å². The zero-order chi connectivity index (χ0) is 16.1. The maximum atomic E-state index is 12.1. The predicted octanol–water partition coefficient (Wildman–Crippen LogP) is 1.52. The minimum Gasteiger partial charge on any atom is -0.469 e. The molecular formula is C16H23BrN2O3. The molecule has 0 radical (unpaired) electrons. The van der Waals surface area contributed by atoms with Gasteiger partial charge in [0.15, 0.2) is 0 Å². The molecule has 0 unspecified atom stereocenters. The average Bonchev–Trinajstić information content (AvgIpc) is 2.53. The highest BCUT2D eigenvalue weighted by Gasteiger charge is 2.32. The van der Waals surface area contributed by atoms with E-state index < -0.39 is 12.0 Å². The second kappa shape index (κ2) is 8.06. The van der Waals surface area contributed by atoms with Gasteiger partial charge in [-0.1, -0.05) is 34.1 Å². The molecule has 122 valence electrons. The molecule has 0 amide bonds. The molecule has 0 spiro atoms. The highest BCUT2D eigenvalue weighted by molar-refractivity contribution is 9.10. The van der Waals surface area contributed by atoms with Crippen LogP contribution < -0.4 is 0 Å². The molecule has 1 aliphatic rings. The Bertz CT molecular complexity index is 504. The Morgan fingerprint density at radius 3 is 2.55 bits per heavy atom. The number of hydrogen-bond donors (Lipinski definition) is 1. The number of carbonyl (C=O) groups is 1. The number of piperazine rings is 1. The number of aliphatic hydroxyl groups is 1. The maximum absolute atomic E-state index is 12.1. The van der Waals surface area contributed by atoms with E-state index in [2.05, 4.69) is 32.8 Å². The molecule has 1 aliphatic heterocycles. The number of esters is 1. The molecule has 1 saturated heterocycles. The van der Waals surface area contributed by atoms with Crippen LogP contribution in [-0.2, 0) is 9.53 Å². The predicted molar refractivity (Wildman–Crippen MR) is 88.5 cm³/mol. The van der Waals surface area contributed by atoms with E-state index in [0.717, 1.165) is 30.7 Å². The Kier molecular flexibility index (Phi) is 6.37. The van der Waals surface area contributed by atoms with Crippen molar-refractivity contribution >= 4 is 21.9 Å². The van der Waals surface area contributed by atoms with Gasteiger partial charge in [-0.3, -0.25) is 9.69 Å². The van der Waals surface area contributed by atoms with Gasteiger partial charge in [0, 0.05) is 37.2 Å². The molecule has 22 heavy (non-hydrogen) atoms. The molecule has 2 rings (SSSR count). The van der Waals surface area contributed by atoms with Crippen LogP contribution in [0.2, 0.25) is 0 Å². The lowest BCUT2D eigenvalue weighted by molar-refractivity contribution is -0.151. The van der Waals surface area contributed by atoms with Gasteiger partial charge in [0.05, 0.1) is 19.1 Å². The largest absolute Gasteiger partial charge is 0.469 e. The number of rotatable bonds is 5. The van der Waals surface area contributed by atoms with Gasteiger partial charge in [-0.05, 0) is 18.7 Å². The van der Waals surface area contributed by atoms with Gasteiger partial charge in [0.1, 0.15) is 0 Å². The van der Waals surface area contributed by atoms with Crippen LogP contribution in [0.25, 0.3) is 0 Å². The van der Waals surface area contributed by atoms with Gasteiger partial charge in [-0.15, -0.1) is 0 Å². The van der Waals surface area contributed by atoms with Crippen molar-refractivity contribution in [1.82, 2.24) is 9.80 Å². The first-order valence-electron chi connectivity index (χ1n) is 7.44. The van der Waals surface area contributed by atoms with E-state index >= 15 is 0 Å². The van der Waals surface area contributed by atoms with E-state index in [1.807, 2.05) is 24.3 Å². The van der Waals surface area contributed by atoms with Gasteiger partial charge in [0.2, 0.25) is 0 Å². The molecule has 1 aromatic rings. The molecule has 1 aromatic carbocycles. The summed E-state index contributed by atoms with van der Waals surface area (Å²) in [7, 11) is 3.46. The van der Waals surface area contributed by atoms with Crippen LogP contribution in [0.5, 0.6) is 0 Å². The van der Waals surface area contributed by atoms with Crippen molar-refractivity contribution in [3.8, 4) is 0 Å². The summed E-state index contributed by atoms with van der Waals surface area (Å²) in [6.07, 6.45) is -0.886. The lowest BCUT2D eigenvalue weighted by atomic mass is 9.95. The fourth-order valence-electron chi connectivity index (χ4n) is 2.69. The maximum Gasteiger partial charge on any atom is 0.312 e. The van der Waals surface area contributed by atoms with Gasteiger partial charge >= 0.3 is 5.97 Å². The second-order valence-corrected chi connectivity index (χ2v) is 6.55. The van der Waals surface area contributed by atoms with E-state index in [1.54, 1.807) is 0 Å². The summed E-state index contributed by atoms with van der Waals surface area (Å²) in [5.41, 5.74) is 0.715. The van der Waals surface area contributed by atoms with Gasteiger partial charge in [-0.2, -0.15) is 0 Å². The Hall–Kier alpha value is -0.950. The first kappa shape index (κ1) is 17.4. The number of methoxy groups -OCH3 is 1. The van der Waals surface area contributed by atoms with E-state index in [0.29, 0.717) is 12.1 Å². The number of nitrogens with zero attached hydrogens (tertiary/aromatic N) is 2. The molecule has 1 N–H and O–H groups in total. The van der Waals surface area contributed by atoms with Crippen molar-refractivity contribution in [2.24, 2.45) is 5.92 Å². The third-order valence-corrected chi connectivity index (χ3v) is 4.88. The third-order valence-electron chi connectivity index (χ3n) is 4.16. The Labute approximate surface area is 140 Å². The highest BCUT2D eigenvalue weighted by Crippen LogP contribution is 2.30. The average molecular weight is 371 g/mol.